The number of nitrogens with one attached hydrogen (secondary N) is 1. The van der Waals surface area contributed by atoms with Crippen molar-refractivity contribution < 1.29 is 4.79 Å². The summed E-state index contributed by atoms with van der Waals surface area (Å²) in [6.07, 6.45) is 1.88. The molecule has 1 aromatic carbocycles. The maximum atomic E-state index is 12.7. The number of benzene rings is 1. The second kappa shape index (κ2) is 7.19. The lowest BCUT2D eigenvalue weighted by atomic mass is 10.1. The van der Waals surface area contributed by atoms with Gasteiger partial charge in [-0.15, -0.1) is 11.3 Å². The van der Waals surface area contributed by atoms with E-state index in [0.717, 1.165) is 23.2 Å². The third-order valence-electron chi connectivity index (χ3n) is 4.27. The first kappa shape index (κ1) is 17.4. The van der Waals surface area contributed by atoms with Crippen LogP contribution >= 0.6 is 11.3 Å². The third kappa shape index (κ3) is 3.49. The van der Waals surface area contributed by atoms with Gasteiger partial charge in [-0.2, -0.15) is 0 Å². The molecule has 0 saturated carbocycles. The number of nitrogens with zero attached hydrogens (tertiary/aromatic N) is 2. The summed E-state index contributed by atoms with van der Waals surface area (Å²) in [5.74, 6) is -0.123. The smallest absolute Gasteiger partial charge is 0.272 e. The number of thiophene rings is 1. The number of aryl methyl sites for hydroxylation is 2. The van der Waals surface area contributed by atoms with Crippen LogP contribution in [0.25, 0.3) is 11.0 Å². The summed E-state index contributed by atoms with van der Waals surface area (Å²) >= 11 is 1.65. The zero-order valence-electron chi connectivity index (χ0n) is 14.6. The Balaban J connectivity index is 1.91. The third-order valence-corrected chi connectivity index (χ3v) is 5.26. The predicted molar refractivity (Wildman–Crippen MR) is 101 cm³/mol. The molecular weight excluding hydrogens is 334 g/mol. The van der Waals surface area contributed by atoms with Crippen LogP contribution in [0.1, 0.15) is 46.7 Å². The summed E-state index contributed by atoms with van der Waals surface area (Å²) in [6.45, 7) is 3.79. The van der Waals surface area contributed by atoms with Crippen molar-refractivity contribution in [2.45, 2.75) is 32.7 Å². The van der Waals surface area contributed by atoms with Gasteiger partial charge in [0.15, 0.2) is 0 Å². The number of carbonyl (C=O) groups excluding carboxylic acids is 1. The summed E-state index contributed by atoms with van der Waals surface area (Å²) in [7, 11) is 1.72. The molecule has 0 aliphatic rings. The lowest BCUT2D eigenvalue weighted by Gasteiger charge is -2.17. The minimum Gasteiger partial charge on any atom is -0.344 e. The fourth-order valence-corrected chi connectivity index (χ4v) is 3.74. The van der Waals surface area contributed by atoms with Crippen LogP contribution in [0.15, 0.2) is 40.5 Å². The lowest BCUT2D eigenvalue weighted by Crippen LogP contribution is -2.28. The van der Waals surface area contributed by atoms with Crippen LogP contribution in [0.3, 0.4) is 0 Å². The highest BCUT2D eigenvalue weighted by atomic mass is 32.1. The van der Waals surface area contributed by atoms with E-state index in [1.54, 1.807) is 48.1 Å². The Kier molecular flexibility index (Phi) is 4.99. The molecule has 1 N–H and O–H groups in total. The van der Waals surface area contributed by atoms with Crippen LogP contribution in [-0.4, -0.2) is 15.5 Å². The van der Waals surface area contributed by atoms with E-state index >= 15 is 0 Å². The van der Waals surface area contributed by atoms with Gasteiger partial charge in [-0.05, 0) is 43.0 Å². The fraction of sp³-hybridized carbons (Fsp3) is 0.316. The second-order valence-corrected chi connectivity index (χ2v) is 7.07. The number of hydrogen-bond donors (Lipinski definition) is 1. The molecule has 0 unspecified atom stereocenters. The highest BCUT2D eigenvalue weighted by Crippen LogP contribution is 2.24. The van der Waals surface area contributed by atoms with Crippen LogP contribution in [0.4, 0.5) is 0 Å². The highest BCUT2D eigenvalue weighted by Gasteiger charge is 2.17. The van der Waals surface area contributed by atoms with Gasteiger partial charge in [0.2, 0.25) is 0 Å². The van der Waals surface area contributed by atoms with Crippen LogP contribution in [0.5, 0.6) is 0 Å². The summed E-state index contributed by atoms with van der Waals surface area (Å²) < 4.78 is 1.56. The number of hydrogen-bond acceptors (Lipinski definition) is 4. The molecule has 1 amide bonds. The van der Waals surface area contributed by atoms with Gasteiger partial charge in [0.1, 0.15) is 5.69 Å². The van der Waals surface area contributed by atoms with Gasteiger partial charge in [0.25, 0.3) is 11.5 Å². The monoisotopic (exact) mass is 355 g/mol. The first-order valence-electron chi connectivity index (χ1n) is 8.33. The number of fused-ring (bicyclic) bond motifs is 1. The van der Waals surface area contributed by atoms with Gasteiger partial charge in [-0.1, -0.05) is 19.4 Å². The van der Waals surface area contributed by atoms with Crippen LogP contribution < -0.4 is 10.9 Å². The Morgan fingerprint density at radius 1 is 1.36 bits per heavy atom. The van der Waals surface area contributed by atoms with E-state index in [-0.39, 0.29) is 17.5 Å². The molecule has 3 rings (SSSR count). The van der Waals surface area contributed by atoms with E-state index in [0.29, 0.717) is 16.8 Å². The van der Waals surface area contributed by atoms with Crippen LogP contribution in [-0.2, 0) is 7.05 Å². The molecule has 6 heteroatoms. The molecule has 1 atom stereocenters. The summed E-state index contributed by atoms with van der Waals surface area (Å²) in [4.78, 5) is 30.2. The molecule has 5 nitrogen and oxygen atoms in total. The first-order chi connectivity index (χ1) is 12.0. The quantitative estimate of drug-likeness (QED) is 0.761. The Morgan fingerprint density at radius 2 is 2.16 bits per heavy atom. The maximum absolute atomic E-state index is 12.7. The second-order valence-electron chi connectivity index (χ2n) is 6.10. The van der Waals surface area contributed by atoms with Crippen molar-refractivity contribution in [3.05, 3.63) is 62.2 Å². The van der Waals surface area contributed by atoms with Crippen molar-refractivity contribution in [3.8, 4) is 0 Å². The zero-order chi connectivity index (χ0) is 18.0. The predicted octanol–water partition coefficient (Wildman–Crippen LogP) is 3.57. The number of rotatable bonds is 5. The Hall–Kier alpha value is -2.47. The molecule has 0 aliphatic carbocycles. The standard InChI is InChI=1S/C19H21N3O2S/c1-4-6-14(17-7-5-10-25-17)21-18(23)13-8-9-16-15(11-13)20-12(2)19(24)22(16)3/h5,7-11,14H,4,6H2,1-3H3,(H,21,23)/t14-/m1/s1. The largest absolute Gasteiger partial charge is 0.344 e. The van der Waals surface area contributed by atoms with E-state index < -0.39 is 0 Å². The summed E-state index contributed by atoms with van der Waals surface area (Å²) in [5.41, 5.74) is 2.22. The Bertz CT molecular complexity index is 961. The molecule has 0 spiro atoms. The van der Waals surface area contributed by atoms with Crippen molar-refractivity contribution in [3.63, 3.8) is 0 Å². The molecule has 0 bridgehead atoms. The summed E-state index contributed by atoms with van der Waals surface area (Å²) in [6, 6.07) is 9.32. The first-order valence-corrected chi connectivity index (χ1v) is 9.21. The van der Waals surface area contributed by atoms with Crippen molar-refractivity contribution in [1.29, 1.82) is 0 Å². The SMILES string of the molecule is CCC[C@@H](NC(=O)c1ccc2c(c1)nc(C)c(=O)n2C)c1cccs1. The number of aromatic nitrogens is 2. The molecule has 3 aromatic rings. The van der Waals surface area contributed by atoms with E-state index in [9.17, 15) is 9.59 Å². The number of carbonyl (C=O) groups is 1. The fourth-order valence-electron chi connectivity index (χ4n) is 2.92. The average Bonchev–Trinajstić information content (AvgIpc) is 3.13. The van der Waals surface area contributed by atoms with Gasteiger partial charge in [0.05, 0.1) is 17.1 Å². The Labute approximate surface area is 150 Å². The lowest BCUT2D eigenvalue weighted by molar-refractivity contribution is 0.0935. The van der Waals surface area contributed by atoms with Crippen molar-refractivity contribution >= 4 is 28.3 Å². The molecule has 25 heavy (non-hydrogen) atoms. The van der Waals surface area contributed by atoms with Crippen molar-refractivity contribution in [2.75, 3.05) is 0 Å². The van der Waals surface area contributed by atoms with Crippen molar-refractivity contribution in [2.24, 2.45) is 7.05 Å². The van der Waals surface area contributed by atoms with Crippen LogP contribution in [0.2, 0.25) is 0 Å². The minimum atomic E-state index is -0.123. The molecule has 0 saturated heterocycles. The molecular formula is C19H21N3O2S. The van der Waals surface area contributed by atoms with E-state index in [1.807, 2.05) is 17.5 Å². The number of amides is 1. The molecule has 0 aliphatic heterocycles. The van der Waals surface area contributed by atoms with Gasteiger partial charge in [0, 0.05) is 17.5 Å². The molecule has 0 radical (unpaired) electrons. The normalized spacial score (nSPS) is 12.3. The Morgan fingerprint density at radius 3 is 2.84 bits per heavy atom. The van der Waals surface area contributed by atoms with E-state index in [2.05, 4.69) is 17.2 Å². The van der Waals surface area contributed by atoms with Gasteiger partial charge in [-0.25, -0.2) is 4.98 Å². The molecule has 2 heterocycles. The molecule has 130 valence electrons. The minimum absolute atomic E-state index is 0.0167. The van der Waals surface area contributed by atoms with Crippen LogP contribution in [0, 0.1) is 6.92 Å². The zero-order valence-corrected chi connectivity index (χ0v) is 15.4. The molecule has 2 aromatic heterocycles. The maximum Gasteiger partial charge on any atom is 0.272 e. The average molecular weight is 355 g/mol. The van der Waals surface area contributed by atoms with E-state index in [4.69, 9.17) is 0 Å². The van der Waals surface area contributed by atoms with Crippen molar-refractivity contribution in [1.82, 2.24) is 14.9 Å². The highest BCUT2D eigenvalue weighted by molar-refractivity contribution is 7.10. The molecule has 0 fully saturated rings. The topological polar surface area (TPSA) is 64.0 Å². The van der Waals surface area contributed by atoms with E-state index in [1.165, 1.54) is 0 Å². The van der Waals surface area contributed by atoms with Gasteiger partial charge < -0.3 is 9.88 Å². The van der Waals surface area contributed by atoms with Gasteiger partial charge >= 0.3 is 0 Å². The summed E-state index contributed by atoms with van der Waals surface area (Å²) in [5, 5.41) is 5.14. The van der Waals surface area contributed by atoms with Gasteiger partial charge in [-0.3, -0.25) is 9.59 Å².